The van der Waals surface area contributed by atoms with E-state index in [1.54, 1.807) is 33.1 Å². The molecular weight excluding hydrogens is 282 g/mol. The fraction of sp³-hybridized carbons (Fsp3) is 0.583. The number of rotatable bonds is 4. The van der Waals surface area contributed by atoms with Gasteiger partial charge in [0.25, 0.3) is 0 Å². The Morgan fingerprint density at radius 1 is 1.50 bits per heavy atom. The molecule has 0 radical (unpaired) electrons. The molecule has 0 saturated carbocycles. The first-order chi connectivity index (χ1) is 9.23. The van der Waals surface area contributed by atoms with Crippen LogP contribution in [-0.4, -0.2) is 29.3 Å². The van der Waals surface area contributed by atoms with Gasteiger partial charge in [-0.15, -0.1) is 11.3 Å². The molecule has 1 rings (SSSR count). The zero-order chi connectivity index (χ0) is 15.3. The van der Waals surface area contributed by atoms with Crippen LogP contribution in [0.5, 0.6) is 0 Å². The van der Waals surface area contributed by atoms with Gasteiger partial charge in [-0.2, -0.15) is 0 Å². The summed E-state index contributed by atoms with van der Waals surface area (Å²) in [4.78, 5) is 27.1. The summed E-state index contributed by atoms with van der Waals surface area (Å²) in [5, 5.41) is 4.39. The number of aromatic nitrogens is 1. The third-order valence-corrected chi connectivity index (χ3v) is 2.76. The number of amides is 1. The van der Waals surface area contributed by atoms with Crippen LogP contribution >= 0.6 is 11.3 Å². The van der Waals surface area contributed by atoms with Gasteiger partial charge in [0.05, 0.1) is 12.3 Å². The maximum absolute atomic E-state index is 11.6. The monoisotopic (exact) mass is 301 g/mol. The number of thiazole rings is 1. The molecule has 0 aliphatic rings. The van der Waals surface area contributed by atoms with Gasteiger partial charge < -0.3 is 15.2 Å². The third kappa shape index (κ3) is 5.14. The lowest BCUT2D eigenvalue weighted by molar-refractivity contribution is -0.144. The Labute approximate surface area is 121 Å². The number of carbonyl (C=O) groups excluding carboxylic acids is 2. The normalized spacial score (nSPS) is 12.7. The first kappa shape index (κ1) is 16.4. The first-order valence-electron chi connectivity index (χ1n) is 6.10. The van der Waals surface area contributed by atoms with Crippen molar-refractivity contribution < 1.29 is 19.1 Å². The Hall–Kier alpha value is -1.67. The predicted molar refractivity (Wildman–Crippen MR) is 75.5 cm³/mol. The maximum Gasteiger partial charge on any atom is 0.413 e. The van der Waals surface area contributed by atoms with Crippen LogP contribution < -0.4 is 11.1 Å². The molecule has 7 nitrogen and oxygen atoms in total. The molecule has 0 spiro atoms. The lowest BCUT2D eigenvalue weighted by Gasteiger charge is -2.18. The summed E-state index contributed by atoms with van der Waals surface area (Å²) in [5.74, 6) is -0.554. The third-order valence-electron chi connectivity index (χ3n) is 1.99. The van der Waals surface area contributed by atoms with Crippen LogP contribution in [0.2, 0.25) is 0 Å². The van der Waals surface area contributed by atoms with E-state index in [-0.39, 0.29) is 6.61 Å². The van der Waals surface area contributed by atoms with E-state index >= 15 is 0 Å². The van der Waals surface area contributed by atoms with E-state index in [0.29, 0.717) is 10.8 Å². The Balaban J connectivity index is 2.64. The molecular formula is C12H19N3O4S. The standard InChI is InChI=1S/C12H19N3O4S/c1-5-18-9(16)8(13)7-6-20-10(14-7)15-11(17)19-12(2,3)4/h6,8H,5,13H2,1-4H3,(H,14,15,17). The first-order valence-corrected chi connectivity index (χ1v) is 6.98. The molecule has 1 aromatic heterocycles. The molecule has 1 atom stereocenters. The van der Waals surface area contributed by atoms with Crippen LogP contribution in [0.4, 0.5) is 9.93 Å². The van der Waals surface area contributed by atoms with E-state index < -0.39 is 23.7 Å². The minimum Gasteiger partial charge on any atom is -0.465 e. The van der Waals surface area contributed by atoms with Crippen LogP contribution in [0, 0.1) is 0 Å². The number of carbonyl (C=O) groups is 2. The minimum atomic E-state index is -0.958. The molecule has 112 valence electrons. The number of esters is 1. The highest BCUT2D eigenvalue weighted by molar-refractivity contribution is 7.13. The molecule has 0 fully saturated rings. The van der Waals surface area contributed by atoms with Gasteiger partial charge in [0.1, 0.15) is 11.6 Å². The number of nitrogens with one attached hydrogen (secondary N) is 1. The second-order valence-corrected chi connectivity index (χ2v) is 5.79. The van der Waals surface area contributed by atoms with Gasteiger partial charge in [0.2, 0.25) is 0 Å². The molecule has 1 unspecified atom stereocenters. The number of anilines is 1. The summed E-state index contributed by atoms with van der Waals surface area (Å²) in [7, 11) is 0. The summed E-state index contributed by atoms with van der Waals surface area (Å²) in [5.41, 5.74) is 5.45. The molecule has 0 bridgehead atoms. The van der Waals surface area contributed by atoms with Gasteiger partial charge >= 0.3 is 12.1 Å². The summed E-state index contributed by atoms with van der Waals surface area (Å²) in [6.07, 6.45) is -0.608. The molecule has 20 heavy (non-hydrogen) atoms. The Kier molecular flexibility index (Phi) is 5.46. The molecule has 0 aromatic carbocycles. The molecule has 1 amide bonds. The van der Waals surface area contributed by atoms with Crippen molar-refractivity contribution in [3.05, 3.63) is 11.1 Å². The number of nitrogens with two attached hydrogens (primary N) is 1. The Morgan fingerprint density at radius 2 is 2.15 bits per heavy atom. The van der Waals surface area contributed by atoms with Crippen molar-refractivity contribution in [2.45, 2.75) is 39.3 Å². The Bertz CT molecular complexity index is 481. The van der Waals surface area contributed by atoms with Crippen LogP contribution in [0.25, 0.3) is 0 Å². The van der Waals surface area contributed by atoms with Gasteiger partial charge in [-0.05, 0) is 27.7 Å². The van der Waals surface area contributed by atoms with E-state index in [1.807, 2.05) is 0 Å². The number of nitrogens with zero attached hydrogens (tertiary/aromatic N) is 1. The van der Waals surface area contributed by atoms with E-state index in [1.165, 1.54) is 0 Å². The number of ether oxygens (including phenoxy) is 2. The van der Waals surface area contributed by atoms with Crippen LogP contribution in [0.3, 0.4) is 0 Å². The van der Waals surface area contributed by atoms with Crippen molar-refractivity contribution in [2.75, 3.05) is 11.9 Å². The van der Waals surface area contributed by atoms with Crippen LogP contribution in [-0.2, 0) is 14.3 Å². The lowest BCUT2D eigenvalue weighted by atomic mass is 10.2. The van der Waals surface area contributed by atoms with Crippen molar-refractivity contribution in [1.29, 1.82) is 0 Å². The average molecular weight is 301 g/mol. The minimum absolute atomic E-state index is 0.250. The molecule has 1 heterocycles. The van der Waals surface area contributed by atoms with Crippen LogP contribution in [0.15, 0.2) is 5.38 Å². The summed E-state index contributed by atoms with van der Waals surface area (Å²) in [6.45, 7) is 7.23. The largest absolute Gasteiger partial charge is 0.465 e. The summed E-state index contributed by atoms with van der Waals surface area (Å²) >= 11 is 1.16. The lowest BCUT2D eigenvalue weighted by Crippen LogP contribution is -2.27. The fourth-order valence-corrected chi connectivity index (χ4v) is 1.96. The van der Waals surface area contributed by atoms with E-state index in [4.69, 9.17) is 15.2 Å². The Morgan fingerprint density at radius 3 is 2.70 bits per heavy atom. The maximum atomic E-state index is 11.6. The van der Waals surface area contributed by atoms with Gasteiger partial charge in [0.15, 0.2) is 5.13 Å². The van der Waals surface area contributed by atoms with Gasteiger partial charge in [-0.1, -0.05) is 0 Å². The van der Waals surface area contributed by atoms with E-state index in [9.17, 15) is 9.59 Å². The number of hydrogen-bond acceptors (Lipinski definition) is 7. The van der Waals surface area contributed by atoms with Gasteiger partial charge in [-0.3, -0.25) is 5.32 Å². The molecule has 1 aromatic rings. The van der Waals surface area contributed by atoms with Crippen molar-refractivity contribution in [1.82, 2.24) is 4.98 Å². The van der Waals surface area contributed by atoms with Crippen molar-refractivity contribution in [3.8, 4) is 0 Å². The van der Waals surface area contributed by atoms with Gasteiger partial charge in [0, 0.05) is 5.38 Å². The second-order valence-electron chi connectivity index (χ2n) is 4.93. The topological polar surface area (TPSA) is 104 Å². The van der Waals surface area contributed by atoms with Gasteiger partial charge in [-0.25, -0.2) is 14.6 Å². The molecule has 8 heteroatoms. The summed E-state index contributed by atoms with van der Waals surface area (Å²) in [6, 6.07) is -0.958. The highest BCUT2D eigenvalue weighted by atomic mass is 32.1. The predicted octanol–water partition coefficient (Wildman–Crippen LogP) is 2.05. The zero-order valence-corrected chi connectivity index (χ0v) is 12.7. The van der Waals surface area contributed by atoms with Crippen LogP contribution in [0.1, 0.15) is 39.4 Å². The van der Waals surface area contributed by atoms with Crippen molar-refractivity contribution >= 4 is 28.5 Å². The fourth-order valence-electron chi connectivity index (χ4n) is 1.23. The molecule has 0 aliphatic carbocycles. The van der Waals surface area contributed by atoms with E-state index in [0.717, 1.165) is 11.3 Å². The SMILES string of the molecule is CCOC(=O)C(N)c1csc(NC(=O)OC(C)(C)C)n1. The average Bonchev–Trinajstić information content (AvgIpc) is 2.74. The quantitative estimate of drug-likeness (QED) is 0.825. The van der Waals surface area contributed by atoms with Crippen molar-refractivity contribution in [2.24, 2.45) is 5.73 Å². The highest BCUT2D eigenvalue weighted by Gasteiger charge is 2.21. The summed E-state index contributed by atoms with van der Waals surface area (Å²) < 4.78 is 9.89. The van der Waals surface area contributed by atoms with E-state index in [2.05, 4.69) is 10.3 Å². The molecule has 3 N–H and O–H groups in total. The highest BCUT2D eigenvalue weighted by Crippen LogP contribution is 2.21. The molecule has 0 aliphatic heterocycles. The van der Waals surface area contributed by atoms with Crippen molar-refractivity contribution in [3.63, 3.8) is 0 Å². The zero-order valence-electron chi connectivity index (χ0n) is 11.9. The second kappa shape index (κ2) is 6.67. The molecule has 0 saturated heterocycles. The smallest absolute Gasteiger partial charge is 0.413 e. The number of hydrogen-bond donors (Lipinski definition) is 2.